The van der Waals surface area contributed by atoms with E-state index in [9.17, 15) is 20.0 Å². The minimum absolute atomic E-state index is 0.0273. The molecule has 1 aromatic rings. The first-order valence-corrected chi connectivity index (χ1v) is 7.23. The number of thioether (sulfide) groups is 1. The van der Waals surface area contributed by atoms with E-state index in [0.29, 0.717) is 12.3 Å². The van der Waals surface area contributed by atoms with Gasteiger partial charge in [-0.25, -0.2) is 0 Å². The number of nitro groups is 1. The van der Waals surface area contributed by atoms with Crippen LogP contribution in [-0.2, 0) is 4.79 Å². The normalized spacial score (nSPS) is 13.7. The molecular formula is C13H18N2O4S. The fourth-order valence-corrected chi connectivity index (χ4v) is 2.49. The molecule has 0 aliphatic heterocycles. The van der Waals surface area contributed by atoms with Gasteiger partial charge in [-0.2, -0.15) is 0 Å². The first kappa shape index (κ1) is 16.5. The molecule has 0 saturated heterocycles. The molecule has 0 saturated carbocycles. The maximum atomic E-state index is 11.3. The second-order valence-corrected chi connectivity index (χ2v) is 5.65. The zero-order valence-corrected chi connectivity index (χ0v) is 12.3. The highest BCUT2D eigenvalue weighted by atomic mass is 32.2. The lowest BCUT2D eigenvalue weighted by Crippen LogP contribution is -2.51. The van der Waals surface area contributed by atoms with E-state index in [-0.39, 0.29) is 5.69 Å². The number of aliphatic carboxylic acids is 1. The fraction of sp³-hybridized carbons (Fsp3) is 0.462. The molecule has 0 fully saturated rings. The number of nitrogens with zero attached hydrogens (tertiary/aromatic N) is 1. The third-order valence-corrected chi connectivity index (χ3v) is 4.14. The van der Waals surface area contributed by atoms with Crippen LogP contribution >= 0.6 is 11.8 Å². The number of non-ortho nitro benzene ring substituents is 1. The van der Waals surface area contributed by atoms with Gasteiger partial charge in [-0.05, 0) is 32.0 Å². The number of nitrogens with one attached hydrogen (secondary N) is 1. The summed E-state index contributed by atoms with van der Waals surface area (Å²) < 4.78 is 0. The smallest absolute Gasteiger partial charge is 0.324 e. The molecule has 0 aliphatic carbocycles. The molecule has 0 amide bonds. The van der Waals surface area contributed by atoms with Gasteiger partial charge in [0.25, 0.3) is 5.69 Å². The van der Waals surface area contributed by atoms with Crippen molar-refractivity contribution in [3.63, 3.8) is 0 Å². The van der Waals surface area contributed by atoms with E-state index in [2.05, 4.69) is 5.32 Å². The predicted molar refractivity (Wildman–Crippen MR) is 78.2 cm³/mol. The van der Waals surface area contributed by atoms with Crippen molar-refractivity contribution in [3.8, 4) is 0 Å². The van der Waals surface area contributed by atoms with Gasteiger partial charge in [0.2, 0.25) is 0 Å². The number of rotatable bonds is 8. The lowest BCUT2D eigenvalue weighted by molar-refractivity contribution is -0.384. The summed E-state index contributed by atoms with van der Waals surface area (Å²) in [5, 5.41) is 22.9. The molecule has 1 unspecified atom stereocenters. The molecule has 1 atom stereocenters. The number of carboxylic acid groups (broad SMARTS) is 1. The number of hydrogen-bond donors (Lipinski definition) is 2. The average molecular weight is 298 g/mol. The Labute approximate surface area is 121 Å². The molecule has 20 heavy (non-hydrogen) atoms. The van der Waals surface area contributed by atoms with Crippen molar-refractivity contribution >= 4 is 23.4 Å². The molecule has 7 heteroatoms. The van der Waals surface area contributed by atoms with Crippen LogP contribution in [0.3, 0.4) is 0 Å². The second kappa shape index (κ2) is 7.25. The first-order chi connectivity index (χ1) is 9.39. The van der Waals surface area contributed by atoms with Crippen LogP contribution in [0, 0.1) is 10.1 Å². The van der Waals surface area contributed by atoms with Crippen LogP contribution in [0.2, 0.25) is 0 Å². The van der Waals surface area contributed by atoms with Gasteiger partial charge in [0.1, 0.15) is 5.54 Å². The second-order valence-electron chi connectivity index (χ2n) is 4.60. The van der Waals surface area contributed by atoms with Crippen LogP contribution in [0.25, 0.3) is 0 Å². The molecule has 0 radical (unpaired) electrons. The topological polar surface area (TPSA) is 92.5 Å². The number of carbonyl (C=O) groups is 1. The molecule has 0 aliphatic rings. The Bertz CT molecular complexity index is 478. The van der Waals surface area contributed by atoms with Crippen LogP contribution in [0.15, 0.2) is 29.2 Å². The standard InChI is InChI=1S/C13H18N2O4S/c1-3-8-14-13(2,12(16)17)9-20-11-6-4-10(5-7-11)15(18)19/h4-7,14H,3,8-9H2,1-2H3,(H,16,17). The number of nitro benzene ring substituents is 1. The molecule has 0 bridgehead atoms. The van der Waals surface area contributed by atoms with E-state index in [1.54, 1.807) is 19.1 Å². The average Bonchev–Trinajstić information content (AvgIpc) is 2.43. The summed E-state index contributed by atoms with van der Waals surface area (Å²) in [6, 6.07) is 6.09. The number of benzene rings is 1. The lowest BCUT2D eigenvalue weighted by atomic mass is 10.1. The number of carboxylic acids is 1. The highest BCUT2D eigenvalue weighted by Crippen LogP contribution is 2.25. The van der Waals surface area contributed by atoms with Crippen molar-refractivity contribution in [3.05, 3.63) is 34.4 Å². The molecular weight excluding hydrogens is 280 g/mol. The Balaban J connectivity index is 2.67. The SMILES string of the molecule is CCCNC(C)(CSc1ccc([N+](=O)[O-])cc1)C(=O)O. The summed E-state index contributed by atoms with van der Waals surface area (Å²) >= 11 is 1.36. The van der Waals surface area contributed by atoms with Crippen LogP contribution < -0.4 is 5.32 Å². The van der Waals surface area contributed by atoms with Crippen LogP contribution in [0.4, 0.5) is 5.69 Å². The van der Waals surface area contributed by atoms with Crippen molar-refractivity contribution in [2.45, 2.75) is 30.7 Å². The molecule has 110 valence electrons. The highest BCUT2D eigenvalue weighted by Gasteiger charge is 2.32. The van der Waals surface area contributed by atoms with Gasteiger partial charge in [-0.1, -0.05) is 6.92 Å². The third-order valence-electron chi connectivity index (χ3n) is 2.81. The molecule has 2 N–H and O–H groups in total. The lowest BCUT2D eigenvalue weighted by Gasteiger charge is -2.25. The van der Waals surface area contributed by atoms with Crippen LogP contribution in [0.1, 0.15) is 20.3 Å². The minimum atomic E-state index is -1.01. The van der Waals surface area contributed by atoms with E-state index in [0.717, 1.165) is 11.3 Å². The Morgan fingerprint density at radius 3 is 2.50 bits per heavy atom. The molecule has 6 nitrogen and oxygen atoms in total. The van der Waals surface area contributed by atoms with Gasteiger partial charge >= 0.3 is 5.97 Å². The first-order valence-electron chi connectivity index (χ1n) is 6.24. The van der Waals surface area contributed by atoms with E-state index in [1.807, 2.05) is 6.92 Å². The largest absolute Gasteiger partial charge is 0.480 e. The van der Waals surface area contributed by atoms with Crippen molar-refractivity contribution in [2.75, 3.05) is 12.3 Å². The summed E-state index contributed by atoms with van der Waals surface area (Å²) in [7, 11) is 0. The van der Waals surface area contributed by atoms with E-state index < -0.39 is 16.4 Å². The van der Waals surface area contributed by atoms with Crippen molar-refractivity contribution in [1.29, 1.82) is 0 Å². The Morgan fingerprint density at radius 1 is 1.45 bits per heavy atom. The Hall–Kier alpha value is -1.60. The van der Waals surface area contributed by atoms with Gasteiger partial charge in [0.15, 0.2) is 0 Å². The van der Waals surface area contributed by atoms with Crippen molar-refractivity contribution in [1.82, 2.24) is 5.32 Å². The maximum absolute atomic E-state index is 11.3. The minimum Gasteiger partial charge on any atom is -0.480 e. The molecule has 1 rings (SSSR count). The maximum Gasteiger partial charge on any atom is 0.324 e. The van der Waals surface area contributed by atoms with Gasteiger partial charge < -0.3 is 10.4 Å². The van der Waals surface area contributed by atoms with E-state index in [1.165, 1.54) is 23.9 Å². The summed E-state index contributed by atoms with van der Waals surface area (Å²) in [6.07, 6.45) is 0.852. The van der Waals surface area contributed by atoms with Crippen LogP contribution in [-0.4, -0.2) is 33.8 Å². The molecule has 0 heterocycles. The summed E-state index contributed by atoms with van der Waals surface area (Å²) in [5.74, 6) is -0.555. The van der Waals surface area contributed by atoms with Gasteiger partial charge in [-0.15, -0.1) is 11.8 Å². The molecule has 0 spiro atoms. The predicted octanol–water partition coefficient (Wildman–Crippen LogP) is 2.53. The van der Waals surface area contributed by atoms with Crippen LogP contribution in [0.5, 0.6) is 0 Å². The molecule has 1 aromatic carbocycles. The quantitative estimate of drug-likeness (QED) is 0.435. The summed E-state index contributed by atoms with van der Waals surface area (Å²) in [5.41, 5.74) is -0.984. The van der Waals surface area contributed by atoms with Gasteiger partial charge in [-0.3, -0.25) is 14.9 Å². The van der Waals surface area contributed by atoms with Gasteiger partial charge in [0.05, 0.1) is 4.92 Å². The summed E-state index contributed by atoms with van der Waals surface area (Å²) in [6.45, 7) is 4.24. The Kier molecular flexibility index (Phi) is 5.97. The van der Waals surface area contributed by atoms with Crippen molar-refractivity contribution < 1.29 is 14.8 Å². The monoisotopic (exact) mass is 298 g/mol. The zero-order chi connectivity index (χ0) is 15.2. The summed E-state index contributed by atoms with van der Waals surface area (Å²) in [4.78, 5) is 22.2. The van der Waals surface area contributed by atoms with Gasteiger partial charge in [0, 0.05) is 22.8 Å². The van der Waals surface area contributed by atoms with E-state index >= 15 is 0 Å². The molecule has 0 aromatic heterocycles. The van der Waals surface area contributed by atoms with E-state index in [4.69, 9.17) is 0 Å². The van der Waals surface area contributed by atoms with Crippen molar-refractivity contribution in [2.24, 2.45) is 0 Å². The zero-order valence-electron chi connectivity index (χ0n) is 11.5. The highest BCUT2D eigenvalue weighted by molar-refractivity contribution is 7.99. The third kappa shape index (κ3) is 4.50. The fourth-order valence-electron chi connectivity index (χ4n) is 1.48. The number of hydrogen-bond acceptors (Lipinski definition) is 5. The Morgan fingerprint density at radius 2 is 2.05 bits per heavy atom.